The molecule has 0 aliphatic rings. The van der Waals surface area contributed by atoms with E-state index < -0.39 is 17.6 Å². The van der Waals surface area contributed by atoms with Gasteiger partial charge in [-0.15, -0.1) is 0 Å². The summed E-state index contributed by atoms with van der Waals surface area (Å²) in [7, 11) is 0. The van der Waals surface area contributed by atoms with Crippen molar-refractivity contribution in [3.8, 4) is 11.5 Å². The van der Waals surface area contributed by atoms with Crippen LogP contribution in [0.1, 0.15) is 62.2 Å². The van der Waals surface area contributed by atoms with Crippen LogP contribution in [0.2, 0.25) is 0 Å². The van der Waals surface area contributed by atoms with Crippen molar-refractivity contribution in [1.82, 2.24) is 15.0 Å². The quantitative estimate of drug-likeness (QED) is 0.157. The molecule has 0 bridgehead atoms. The fourth-order valence-corrected chi connectivity index (χ4v) is 4.44. The third-order valence-electron chi connectivity index (χ3n) is 6.75. The molecular weight excluding hydrogens is 587 g/mol. The number of hydrogen-bond acceptors (Lipinski definition) is 8. The molecule has 0 saturated heterocycles. The van der Waals surface area contributed by atoms with Gasteiger partial charge in [-0.2, -0.15) is 0 Å². The largest absolute Gasteiger partial charge is 0.455 e. The first-order valence-corrected chi connectivity index (χ1v) is 14.7. The maximum atomic E-state index is 13.8. The highest BCUT2D eigenvalue weighted by Crippen LogP contribution is 2.35. The van der Waals surface area contributed by atoms with Gasteiger partial charge < -0.3 is 20.1 Å². The van der Waals surface area contributed by atoms with Gasteiger partial charge in [0.1, 0.15) is 29.3 Å². The third-order valence-corrected chi connectivity index (χ3v) is 6.75. The molecule has 2 amide bonds. The molecule has 2 aromatic heterocycles. The molecule has 2 heterocycles. The maximum absolute atomic E-state index is 13.8. The maximum Gasteiger partial charge on any atom is 0.412 e. The van der Waals surface area contributed by atoms with Gasteiger partial charge >= 0.3 is 6.09 Å². The summed E-state index contributed by atoms with van der Waals surface area (Å²) in [5.41, 5.74) is 3.00. The van der Waals surface area contributed by atoms with Crippen LogP contribution in [0, 0.1) is 12.7 Å². The third kappa shape index (κ3) is 7.92. The normalized spacial score (nSPS) is 11.3. The fourth-order valence-electron chi connectivity index (χ4n) is 4.44. The Balaban J connectivity index is 1.45. The molecule has 0 saturated carbocycles. The number of anilines is 4. The Bertz CT molecular complexity index is 1900. The number of nitrogens with zero attached hydrogens (tertiary/aromatic N) is 3. The van der Waals surface area contributed by atoms with Crippen molar-refractivity contribution in [2.75, 3.05) is 16.0 Å². The van der Waals surface area contributed by atoms with Crippen molar-refractivity contribution in [2.24, 2.45) is 0 Å². The van der Waals surface area contributed by atoms with Crippen LogP contribution in [0.5, 0.6) is 11.5 Å². The Labute approximate surface area is 266 Å². The molecule has 46 heavy (non-hydrogen) atoms. The van der Waals surface area contributed by atoms with Crippen molar-refractivity contribution in [3.05, 3.63) is 102 Å². The van der Waals surface area contributed by atoms with E-state index in [1.54, 1.807) is 76.2 Å². The van der Waals surface area contributed by atoms with E-state index in [2.05, 4.69) is 44.7 Å². The van der Waals surface area contributed by atoms with Crippen LogP contribution in [0.3, 0.4) is 0 Å². The standard InChI is InChI=1S/C35H35FN6O4/c1-20(2)28-15-13-26-31(41-28)37-19-38-32(26)42-29-18-22(33(43)39-24-10-14-27(36)21(3)17-24)7-16-30(29)45-25-11-8-23(9-12-25)40-34(44)46-35(4,5)6/h7-20H,1-6H3,(H,39,43)(H,40,44)(H,37,38,41,42). The van der Waals surface area contributed by atoms with E-state index in [0.717, 1.165) is 5.69 Å². The van der Waals surface area contributed by atoms with Gasteiger partial charge in [-0.05, 0) is 112 Å². The number of carbonyl (C=O) groups is 2. The van der Waals surface area contributed by atoms with Crippen molar-refractivity contribution >= 4 is 45.9 Å². The fraction of sp³-hybridized carbons (Fsp3) is 0.229. The zero-order valence-electron chi connectivity index (χ0n) is 26.4. The van der Waals surface area contributed by atoms with E-state index in [4.69, 9.17) is 9.47 Å². The summed E-state index contributed by atoms with van der Waals surface area (Å²) in [5.74, 6) is 0.830. The van der Waals surface area contributed by atoms with Crippen molar-refractivity contribution < 1.29 is 23.5 Å². The SMILES string of the molecule is Cc1cc(NC(=O)c2ccc(Oc3ccc(NC(=O)OC(C)(C)C)cc3)c(Nc3ncnc4nc(C(C)C)ccc34)c2)ccc1F. The van der Waals surface area contributed by atoms with Crippen LogP contribution < -0.4 is 20.7 Å². The average molecular weight is 623 g/mol. The molecule has 0 spiro atoms. The summed E-state index contributed by atoms with van der Waals surface area (Å²) in [6.07, 6.45) is 0.857. The number of rotatable bonds is 8. The van der Waals surface area contributed by atoms with Crippen molar-refractivity contribution in [3.63, 3.8) is 0 Å². The first-order valence-electron chi connectivity index (χ1n) is 14.7. The number of nitrogens with one attached hydrogen (secondary N) is 3. The minimum atomic E-state index is -0.626. The summed E-state index contributed by atoms with van der Waals surface area (Å²) in [4.78, 5) is 38.9. The number of carbonyl (C=O) groups excluding carboxylic acids is 2. The molecule has 5 rings (SSSR count). The number of amides is 2. The van der Waals surface area contributed by atoms with Crippen molar-refractivity contribution in [1.29, 1.82) is 0 Å². The molecule has 0 unspecified atom stereocenters. The van der Waals surface area contributed by atoms with Crippen LogP contribution >= 0.6 is 0 Å². The minimum Gasteiger partial charge on any atom is -0.455 e. The van der Waals surface area contributed by atoms with Crippen LogP contribution in [-0.2, 0) is 4.74 Å². The van der Waals surface area contributed by atoms with E-state index in [1.165, 1.54) is 18.5 Å². The second-order valence-electron chi connectivity index (χ2n) is 12.0. The molecule has 0 fully saturated rings. The summed E-state index contributed by atoms with van der Waals surface area (Å²) < 4.78 is 25.3. The first-order chi connectivity index (χ1) is 21.8. The first kappa shape index (κ1) is 31.8. The van der Waals surface area contributed by atoms with Gasteiger partial charge in [0, 0.05) is 22.6 Å². The van der Waals surface area contributed by atoms with Gasteiger partial charge in [0.25, 0.3) is 5.91 Å². The van der Waals surface area contributed by atoms with Gasteiger partial charge in [0.05, 0.1) is 11.1 Å². The second kappa shape index (κ2) is 13.2. The van der Waals surface area contributed by atoms with Crippen LogP contribution in [0.4, 0.5) is 32.1 Å². The van der Waals surface area contributed by atoms with E-state index in [9.17, 15) is 14.0 Å². The molecule has 3 aromatic carbocycles. The Morgan fingerprint density at radius 1 is 0.870 bits per heavy atom. The molecule has 236 valence electrons. The smallest absolute Gasteiger partial charge is 0.412 e. The number of aryl methyl sites for hydroxylation is 1. The lowest BCUT2D eigenvalue weighted by Gasteiger charge is -2.19. The number of pyridine rings is 1. The highest BCUT2D eigenvalue weighted by molar-refractivity contribution is 6.05. The Morgan fingerprint density at radius 3 is 2.30 bits per heavy atom. The van der Waals surface area contributed by atoms with E-state index in [-0.39, 0.29) is 11.7 Å². The van der Waals surface area contributed by atoms with Crippen molar-refractivity contribution in [2.45, 2.75) is 53.1 Å². The number of benzene rings is 3. The lowest BCUT2D eigenvalue weighted by molar-refractivity contribution is 0.0635. The van der Waals surface area contributed by atoms with Crippen LogP contribution in [-0.4, -0.2) is 32.6 Å². The number of halogens is 1. The van der Waals surface area contributed by atoms with Gasteiger partial charge in [0.2, 0.25) is 0 Å². The zero-order chi connectivity index (χ0) is 33.0. The topological polar surface area (TPSA) is 127 Å². The average Bonchev–Trinajstić information content (AvgIpc) is 2.99. The molecule has 10 nitrogen and oxygen atoms in total. The number of fused-ring (bicyclic) bond motifs is 1. The van der Waals surface area contributed by atoms with Gasteiger partial charge in [-0.3, -0.25) is 10.1 Å². The van der Waals surface area contributed by atoms with Gasteiger partial charge in [-0.1, -0.05) is 13.8 Å². The molecule has 0 atom stereocenters. The summed E-state index contributed by atoms with van der Waals surface area (Å²) in [6, 6.07) is 19.9. The number of aromatic nitrogens is 3. The van der Waals surface area contributed by atoms with Crippen LogP contribution in [0.25, 0.3) is 11.0 Å². The lowest BCUT2D eigenvalue weighted by Crippen LogP contribution is -2.27. The Morgan fingerprint density at radius 2 is 1.61 bits per heavy atom. The summed E-state index contributed by atoms with van der Waals surface area (Å²) >= 11 is 0. The molecule has 5 aromatic rings. The summed E-state index contributed by atoms with van der Waals surface area (Å²) in [6.45, 7) is 11.1. The predicted molar refractivity (Wildman–Crippen MR) is 177 cm³/mol. The lowest BCUT2D eigenvalue weighted by atomic mass is 10.1. The second-order valence-corrected chi connectivity index (χ2v) is 12.0. The van der Waals surface area contributed by atoms with Gasteiger partial charge in [-0.25, -0.2) is 24.1 Å². The predicted octanol–water partition coefficient (Wildman–Crippen LogP) is 8.73. The summed E-state index contributed by atoms with van der Waals surface area (Å²) in [5, 5.41) is 9.49. The molecule has 0 aliphatic heterocycles. The van der Waals surface area contributed by atoms with E-state index in [0.29, 0.717) is 56.5 Å². The highest BCUT2D eigenvalue weighted by Gasteiger charge is 2.18. The van der Waals surface area contributed by atoms with E-state index >= 15 is 0 Å². The molecule has 0 aliphatic carbocycles. The molecular formula is C35H35FN6O4. The Hall–Kier alpha value is -5.58. The van der Waals surface area contributed by atoms with E-state index in [1.807, 2.05) is 12.1 Å². The molecule has 0 radical (unpaired) electrons. The monoisotopic (exact) mass is 622 g/mol. The van der Waals surface area contributed by atoms with Gasteiger partial charge in [0.15, 0.2) is 11.4 Å². The highest BCUT2D eigenvalue weighted by atomic mass is 19.1. The molecule has 11 heteroatoms. The Kier molecular flexibility index (Phi) is 9.13. The minimum absolute atomic E-state index is 0.224. The zero-order valence-corrected chi connectivity index (χ0v) is 26.4. The molecule has 3 N–H and O–H groups in total. The number of hydrogen-bond donors (Lipinski definition) is 3. The number of ether oxygens (including phenoxy) is 2. The van der Waals surface area contributed by atoms with Crippen LogP contribution in [0.15, 0.2) is 79.1 Å².